The highest BCUT2D eigenvalue weighted by molar-refractivity contribution is 9.09. The fraction of sp³-hybridized carbons (Fsp3) is 0.500. The lowest BCUT2D eigenvalue weighted by molar-refractivity contribution is 0.564. The first-order chi connectivity index (χ1) is 2.41. The maximum atomic E-state index is 9.08. The largest absolute Gasteiger partial charge is 0.235 e. The van der Waals surface area contributed by atoms with Crippen molar-refractivity contribution >= 4 is 22.0 Å². The average Bonchev–Trinajstić information content (AvgIpc) is 1.41. The minimum atomic E-state index is 0.358. The minimum absolute atomic E-state index is 0.358. The molecule has 0 spiro atoms. The van der Waals surface area contributed by atoms with Crippen LogP contribution in [0.15, 0.2) is 4.99 Å². The fourth-order valence-corrected chi connectivity index (χ4v) is 0.127. The van der Waals surface area contributed by atoms with Crippen LogP contribution in [0.5, 0.6) is 0 Å². The summed E-state index contributed by atoms with van der Waals surface area (Å²) in [5.74, 6) is 0. The van der Waals surface area contributed by atoms with Crippen LogP contribution >= 0.6 is 15.9 Å². The zero-order valence-electron chi connectivity index (χ0n) is 2.44. The van der Waals surface area contributed by atoms with Gasteiger partial charge in [0.2, 0.25) is 6.08 Å². The Bertz CT molecular complexity index is 56.7. The molecule has 0 aliphatic heterocycles. The molecule has 0 aliphatic rings. The molecule has 0 bridgehead atoms. The molecule has 0 unspecified atom stereocenters. The molecule has 0 radical (unpaired) electrons. The number of carbonyl (C=O) groups excluding carboxylic acids is 1. The molecule has 3 heteroatoms. The molecular formula is C2H2BrNO. The molecule has 0 aromatic rings. The molecule has 0 aromatic carbocycles. The van der Waals surface area contributed by atoms with Crippen molar-refractivity contribution in [2.24, 2.45) is 4.99 Å². The number of isocyanates is 1. The van der Waals surface area contributed by atoms with Gasteiger partial charge in [-0.3, -0.25) is 0 Å². The first kappa shape index (κ1) is 4.86. The van der Waals surface area contributed by atoms with Crippen LogP contribution in [0.1, 0.15) is 0 Å². The predicted octanol–water partition coefficient (Wildman–Crippen LogP) is 0.675. The zero-order chi connectivity index (χ0) is 4.12. The van der Waals surface area contributed by atoms with Crippen LogP contribution in [0.25, 0.3) is 0 Å². The van der Waals surface area contributed by atoms with Gasteiger partial charge in [-0.1, -0.05) is 15.9 Å². The summed E-state index contributed by atoms with van der Waals surface area (Å²) in [6.07, 6.45) is 1.35. The van der Waals surface area contributed by atoms with Crippen molar-refractivity contribution in [3.63, 3.8) is 0 Å². The summed E-state index contributed by atoms with van der Waals surface area (Å²) in [7, 11) is 0. The quantitative estimate of drug-likeness (QED) is 0.225. The van der Waals surface area contributed by atoms with Crippen LogP contribution in [-0.2, 0) is 4.79 Å². The first-order valence-corrected chi connectivity index (χ1v) is 2.13. The topological polar surface area (TPSA) is 29.4 Å². The second kappa shape index (κ2) is 3.86. The zero-order valence-corrected chi connectivity index (χ0v) is 4.03. The number of hydrogen-bond acceptors (Lipinski definition) is 2. The lowest BCUT2D eigenvalue weighted by Gasteiger charge is -1.55. The predicted molar refractivity (Wildman–Crippen MR) is 21.9 cm³/mol. The van der Waals surface area contributed by atoms with E-state index in [9.17, 15) is 0 Å². The van der Waals surface area contributed by atoms with Crippen LogP contribution in [0.4, 0.5) is 0 Å². The molecule has 0 N–H and O–H groups in total. The van der Waals surface area contributed by atoms with Gasteiger partial charge in [0.05, 0.1) is 0 Å². The van der Waals surface area contributed by atoms with Crippen molar-refractivity contribution in [3.05, 3.63) is 0 Å². The monoisotopic (exact) mass is 135 g/mol. The SMILES string of the molecule is O=C=NCBr. The van der Waals surface area contributed by atoms with E-state index in [1.807, 2.05) is 0 Å². The van der Waals surface area contributed by atoms with Crippen LogP contribution in [0.2, 0.25) is 0 Å². The average molecular weight is 136 g/mol. The van der Waals surface area contributed by atoms with Crippen molar-refractivity contribution < 1.29 is 4.79 Å². The summed E-state index contributed by atoms with van der Waals surface area (Å²) >= 11 is 2.88. The van der Waals surface area contributed by atoms with Gasteiger partial charge in [0.15, 0.2) is 0 Å². The lowest BCUT2D eigenvalue weighted by Crippen LogP contribution is -1.51. The fourth-order valence-electron chi connectivity index (χ4n) is 0.0244. The number of halogens is 1. The maximum absolute atomic E-state index is 9.08. The molecule has 0 atom stereocenters. The molecule has 28 valence electrons. The molecule has 0 aliphatic carbocycles. The van der Waals surface area contributed by atoms with Gasteiger partial charge < -0.3 is 0 Å². The van der Waals surface area contributed by atoms with E-state index < -0.39 is 0 Å². The van der Waals surface area contributed by atoms with E-state index in [0.29, 0.717) is 5.45 Å². The Morgan fingerprint density at radius 3 is 2.60 bits per heavy atom. The summed E-state index contributed by atoms with van der Waals surface area (Å²) in [6.45, 7) is 0. The Hall–Kier alpha value is -0.140. The molecule has 2 nitrogen and oxygen atoms in total. The van der Waals surface area contributed by atoms with Gasteiger partial charge in [0.1, 0.15) is 5.45 Å². The third-order valence-electron chi connectivity index (χ3n) is 0.124. The summed E-state index contributed by atoms with van der Waals surface area (Å²) in [6, 6.07) is 0. The third-order valence-corrected chi connectivity index (χ3v) is 0.375. The molecule has 0 rings (SSSR count). The van der Waals surface area contributed by atoms with E-state index in [1.165, 1.54) is 6.08 Å². The first-order valence-electron chi connectivity index (χ1n) is 1.01. The number of hydrogen-bond donors (Lipinski definition) is 0. The van der Waals surface area contributed by atoms with Gasteiger partial charge >= 0.3 is 0 Å². The van der Waals surface area contributed by atoms with Gasteiger partial charge in [0.25, 0.3) is 0 Å². The van der Waals surface area contributed by atoms with Gasteiger partial charge in [0, 0.05) is 0 Å². The highest BCUT2D eigenvalue weighted by atomic mass is 79.9. The molecule has 0 aromatic heterocycles. The molecular weight excluding hydrogens is 134 g/mol. The van der Waals surface area contributed by atoms with E-state index in [1.54, 1.807) is 0 Å². The Kier molecular flexibility index (Phi) is 3.75. The lowest BCUT2D eigenvalue weighted by atomic mass is 11.4. The second-order valence-corrected chi connectivity index (χ2v) is 0.870. The van der Waals surface area contributed by atoms with Crippen LogP contribution in [0, 0.1) is 0 Å². The molecule has 0 saturated heterocycles. The standard InChI is InChI=1S/C2H2BrNO/c3-1-4-2-5/h1H2. The molecule has 0 heterocycles. The highest BCUT2D eigenvalue weighted by Gasteiger charge is 1.54. The van der Waals surface area contributed by atoms with Gasteiger partial charge in [-0.2, -0.15) is 4.99 Å². The summed E-state index contributed by atoms with van der Waals surface area (Å²) in [5, 5.41) is 0. The van der Waals surface area contributed by atoms with Gasteiger partial charge in [-0.05, 0) is 0 Å². The van der Waals surface area contributed by atoms with Crippen molar-refractivity contribution in [2.45, 2.75) is 0 Å². The van der Waals surface area contributed by atoms with E-state index >= 15 is 0 Å². The smallest absolute Gasteiger partial charge is 0.211 e. The third kappa shape index (κ3) is 3.86. The van der Waals surface area contributed by atoms with Crippen molar-refractivity contribution in [2.75, 3.05) is 5.45 Å². The normalized spacial score (nSPS) is 5.80. The van der Waals surface area contributed by atoms with Crippen molar-refractivity contribution in [3.8, 4) is 0 Å². The minimum Gasteiger partial charge on any atom is -0.211 e. The maximum Gasteiger partial charge on any atom is 0.235 e. The van der Waals surface area contributed by atoms with E-state index in [4.69, 9.17) is 4.79 Å². The number of nitrogens with zero attached hydrogens (tertiary/aromatic N) is 1. The number of alkyl halides is 1. The highest BCUT2D eigenvalue weighted by Crippen LogP contribution is 1.73. The second-order valence-electron chi connectivity index (χ2n) is 0.369. The van der Waals surface area contributed by atoms with Crippen LogP contribution in [-0.4, -0.2) is 11.5 Å². The Morgan fingerprint density at radius 1 is 2.00 bits per heavy atom. The van der Waals surface area contributed by atoms with E-state index in [-0.39, 0.29) is 0 Å². The molecule has 0 amide bonds. The summed E-state index contributed by atoms with van der Waals surface area (Å²) in [4.78, 5) is 12.2. The van der Waals surface area contributed by atoms with Crippen molar-refractivity contribution in [1.29, 1.82) is 0 Å². The van der Waals surface area contributed by atoms with Gasteiger partial charge in [-0.15, -0.1) is 0 Å². The Balaban J connectivity index is 2.93. The molecule has 0 saturated carbocycles. The summed E-state index contributed by atoms with van der Waals surface area (Å²) < 4.78 is 0. The van der Waals surface area contributed by atoms with E-state index in [2.05, 4.69) is 20.9 Å². The van der Waals surface area contributed by atoms with Crippen molar-refractivity contribution in [1.82, 2.24) is 0 Å². The summed E-state index contributed by atoms with van der Waals surface area (Å²) in [5.41, 5.74) is 0.358. The number of rotatable bonds is 1. The number of aliphatic imine (C=N–C) groups is 1. The van der Waals surface area contributed by atoms with Crippen LogP contribution < -0.4 is 0 Å². The Labute approximate surface area is 38.0 Å². The van der Waals surface area contributed by atoms with Crippen LogP contribution in [0.3, 0.4) is 0 Å². The molecule has 0 fully saturated rings. The molecule has 5 heavy (non-hydrogen) atoms. The van der Waals surface area contributed by atoms with E-state index in [0.717, 1.165) is 0 Å². The Morgan fingerprint density at radius 2 is 2.60 bits per heavy atom. The van der Waals surface area contributed by atoms with Gasteiger partial charge in [-0.25, -0.2) is 4.79 Å².